The molecule has 0 spiro atoms. The number of hydrogen-bond donors (Lipinski definition) is 0. The summed E-state index contributed by atoms with van der Waals surface area (Å²) >= 11 is 5.39. The van der Waals surface area contributed by atoms with Crippen LogP contribution < -0.4 is 0 Å². The van der Waals surface area contributed by atoms with Gasteiger partial charge in [0.05, 0.1) is 0 Å². The van der Waals surface area contributed by atoms with E-state index in [1.807, 2.05) is 30.3 Å². The second-order valence-electron chi connectivity index (χ2n) is 2.67. The third kappa shape index (κ3) is 1.54. The molecule has 1 aromatic rings. The molecular weight excluding hydrogens is 202 g/mol. The molecule has 70 valence electrons. The zero-order valence-electron chi connectivity index (χ0n) is 7.11. The van der Waals surface area contributed by atoms with E-state index >= 15 is 0 Å². The number of ether oxygens (including phenoxy) is 1. The van der Waals surface area contributed by atoms with E-state index in [0.717, 1.165) is 11.1 Å². The van der Waals surface area contributed by atoms with E-state index in [4.69, 9.17) is 16.3 Å². The summed E-state index contributed by atoms with van der Waals surface area (Å²) in [6, 6.07) is 9.17. The molecule has 0 unspecified atom stereocenters. The highest BCUT2D eigenvalue weighted by Gasteiger charge is 2.23. The molecule has 0 atom stereocenters. The van der Waals surface area contributed by atoms with Gasteiger partial charge in [-0.15, -0.1) is 0 Å². The van der Waals surface area contributed by atoms with Crippen LogP contribution in [0.15, 0.2) is 46.6 Å². The minimum atomic E-state index is -0.515. The molecule has 0 saturated heterocycles. The van der Waals surface area contributed by atoms with Gasteiger partial charge >= 0.3 is 5.97 Å². The number of halogens is 1. The number of carbonyl (C=O) groups is 1. The van der Waals surface area contributed by atoms with Crippen LogP contribution in [0.5, 0.6) is 0 Å². The Bertz CT molecular complexity index is 423. The number of esters is 1. The van der Waals surface area contributed by atoms with Crippen molar-refractivity contribution in [2.45, 2.75) is 0 Å². The fourth-order valence-electron chi connectivity index (χ4n) is 1.09. The number of nitrogens with zero attached hydrogens (tertiary/aromatic N) is 1. The number of carbonyl (C=O) groups excluding carboxylic acids is 1. The molecule has 1 aliphatic heterocycles. The van der Waals surface area contributed by atoms with Gasteiger partial charge in [-0.05, 0) is 12.1 Å². The van der Waals surface area contributed by atoms with E-state index in [0.29, 0.717) is 5.90 Å². The largest absolute Gasteiger partial charge is 0.402 e. The van der Waals surface area contributed by atoms with Crippen molar-refractivity contribution < 1.29 is 9.53 Å². The standard InChI is InChI=1S/C10H6ClNO2/c11-6-8-10(13)14-9(12-8)7-4-2-1-3-5-7/h1-6H/b8-6+. The van der Waals surface area contributed by atoms with Crippen LogP contribution >= 0.6 is 11.6 Å². The van der Waals surface area contributed by atoms with Crippen molar-refractivity contribution in [2.75, 3.05) is 0 Å². The monoisotopic (exact) mass is 207 g/mol. The fraction of sp³-hybridized carbons (Fsp3) is 0. The molecule has 1 heterocycles. The summed E-state index contributed by atoms with van der Waals surface area (Å²) in [5.41, 5.74) is 2.00. The van der Waals surface area contributed by atoms with Crippen molar-refractivity contribution >= 4 is 23.5 Å². The molecule has 14 heavy (non-hydrogen) atoms. The molecule has 0 radical (unpaired) electrons. The maximum Gasteiger partial charge on any atom is 0.364 e. The first-order valence-electron chi connectivity index (χ1n) is 3.98. The van der Waals surface area contributed by atoms with Gasteiger partial charge in [0.2, 0.25) is 5.90 Å². The summed E-state index contributed by atoms with van der Waals surface area (Å²) < 4.78 is 4.91. The molecule has 4 heteroatoms. The normalized spacial score (nSPS) is 18.2. The van der Waals surface area contributed by atoms with Gasteiger partial charge in [-0.2, -0.15) is 0 Å². The second kappa shape index (κ2) is 3.64. The highest BCUT2D eigenvalue weighted by Crippen LogP contribution is 2.16. The van der Waals surface area contributed by atoms with Crippen LogP contribution in [0.4, 0.5) is 0 Å². The first-order valence-corrected chi connectivity index (χ1v) is 4.41. The third-order valence-electron chi connectivity index (χ3n) is 1.74. The Kier molecular flexibility index (Phi) is 2.33. The molecule has 0 N–H and O–H groups in total. The Labute approximate surface area is 85.7 Å². The molecule has 0 bridgehead atoms. The highest BCUT2D eigenvalue weighted by molar-refractivity contribution is 6.28. The maximum absolute atomic E-state index is 11.1. The smallest absolute Gasteiger partial charge is 0.364 e. The number of benzene rings is 1. The molecule has 2 rings (SSSR count). The Balaban J connectivity index is 2.36. The summed E-state index contributed by atoms with van der Waals surface area (Å²) in [4.78, 5) is 15.0. The van der Waals surface area contributed by atoms with E-state index in [-0.39, 0.29) is 5.70 Å². The summed E-state index contributed by atoms with van der Waals surface area (Å²) in [7, 11) is 0. The molecule has 0 aliphatic carbocycles. The van der Waals surface area contributed by atoms with E-state index in [1.165, 1.54) is 0 Å². The van der Waals surface area contributed by atoms with Gasteiger partial charge in [-0.25, -0.2) is 9.79 Å². The molecule has 3 nitrogen and oxygen atoms in total. The zero-order valence-corrected chi connectivity index (χ0v) is 7.86. The van der Waals surface area contributed by atoms with E-state index in [2.05, 4.69) is 4.99 Å². The van der Waals surface area contributed by atoms with Crippen molar-refractivity contribution in [1.82, 2.24) is 0 Å². The van der Waals surface area contributed by atoms with E-state index < -0.39 is 5.97 Å². The van der Waals surface area contributed by atoms with Crippen LogP contribution in [-0.4, -0.2) is 11.9 Å². The lowest BCUT2D eigenvalue weighted by atomic mass is 10.2. The Morgan fingerprint density at radius 2 is 2.00 bits per heavy atom. The quantitative estimate of drug-likeness (QED) is 0.522. The van der Waals surface area contributed by atoms with Gasteiger partial charge in [0.25, 0.3) is 0 Å². The number of rotatable bonds is 1. The average Bonchev–Trinajstić information content (AvgIpc) is 2.61. The van der Waals surface area contributed by atoms with Gasteiger partial charge in [0, 0.05) is 11.1 Å². The van der Waals surface area contributed by atoms with Crippen molar-refractivity contribution in [3.05, 3.63) is 47.1 Å². The molecule has 1 aliphatic rings. The van der Waals surface area contributed by atoms with E-state index in [9.17, 15) is 4.79 Å². The summed E-state index contributed by atoms with van der Waals surface area (Å²) in [6.45, 7) is 0. The SMILES string of the molecule is O=C1OC(c2ccccc2)=N/C1=C/Cl. The predicted octanol–water partition coefficient (Wildman–Crippen LogP) is 2.07. The lowest BCUT2D eigenvalue weighted by Gasteiger charge is -1.96. The van der Waals surface area contributed by atoms with Gasteiger partial charge < -0.3 is 4.74 Å². The summed E-state index contributed by atoms with van der Waals surface area (Å²) in [5.74, 6) is -0.221. The topological polar surface area (TPSA) is 38.7 Å². The van der Waals surface area contributed by atoms with E-state index in [1.54, 1.807) is 0 Å². The van der Waals surface area contributed by atoms with Crippen LogP contribution in [-0.2, 0) is 9.53 Å². The van der Waals surface area contributed by atoms with Crippen molar-refractivity contribution in [3.8, 4) is 0 Å². The maximum atomic E-state index is 11.1. The molecule has 0 aromatic heterocycles. The molecule has 0 saturated carbocycles. The van der Waals surface area contributed by atoms with Crippen LogP contribution in [0.25, 0.3) is 0 Å². The number of hydrogen-bond acceptors (Lipinski definition) is 3. The van der Waals surface area contributed by atoms with Crippen molar-refractivity contribution in [2.24, 2.45) is 4.99 Å². The van der Waals surface area contributed by atoms with Gasteiger partial charge in [0.1, 0.15) is 0 Å². The minimum Gasteiger partial charge on any atom is -0.402 e. The Morgan fingerprint density at radius 3 is 2.57 bits per heavy atom. The first-order chi connectivity index (χ1) is 6.81. The van der Waals surface area contributed by atoms with Crippen molar-refractivity contribution in [1.29, 1.82) is 0 Å². The molecule has 0 fully saturated rings. The van der Waals surface area contributed by atoms with Gasteiger partial charge in [0.15, 0.2) is 5.70 Å². The van der Waals surface area contributed by atoms with Gasteiger partial charge in [-0.3, -0.25) is 0 Å². The average molecular weight is 208 g/mol. The van der Waals surface area contributed by atoms with Crippen LogP contribution in [0.3, 0.4) is 0 Å². The fourth-order valence-corrected chi connectivity index (χ4v) is 1.23. The Hall–Kier alpha value is -1.61. The molecule has 0 amide bonds. The van der Waals surface area contributed by atoms with Crippen LogP contribution in [0.2, 0.25) is 0 Å². The minimum absolute atomic E-state index is 0.130. The predicted molar refractivity (Wildman–Crippen MR) is 53.0 cm³/mol. The third-order valence-corrected chi connectivity index (χ3v) is 1.95. The first kappa shape index (κ1) is 8.97. The summed E-state index contributed by atoms with van der Waals surface area (Å²) in [6.07, 6.45) is 0. The van der Waals surface area contributed by atoms with Gasteiger partial charge in [-0.1, -0.05) is 29.8 Å². The lowest BCUT2D eigenvalue weighted by Crippen LogP contribution is -2.04. The molecule has 1 aromatic carbocycles. The van der Waals surface area contributed by atoms with Crippen LogP contribution in [0.1, 0.15) is 5.56 Å². The Morgan fingerprint density at radius 1 is 1.29 bits per heavy atom. The van der Waals surface area contributed by atoms with Crippen LogP contribution in [0, 0.1) is 0 Å². The lowest BCUT2D eigenvalue weighted by molar-refractivity contribution is -0.130. The highest BCUT2D eigenvalue weighted by atomic mass is 35.5. The second-order valence-corrected chi connectivity index (χ2v) is 2.89. The number of aliphatic imine (C=N–C) groups is 1. The van der Waals surface area contributed by atoms with Crippen molar-refractivity contribution in [3.63, 3.8) is 0 Å². The summed E-state index contributed by atoms with van der Waals surface area (Å²) in [5, 5.41) is 0. The molecular formula is C10H6ClNO2. The zero-order chi connectivity index (χ0) is 9.97. The number of cyclic esters (lactones) is 1.